The van der Waals surface area contributed by atoms with Gasteiger partial charge in [-0.2, -0.15) is 11.8 Å². The van der Waals surface area contributed by atoms with Crippen LogP contribution in [0.4, 0.5) is 10.1 Å². The number of benzene rings is 1. The number of hydrogen-bond donors (Lipinski definition) is 2. The van der Waals surface area contributed by atoms with Gasteiger partial charge in [-0.25, -0.2) is 17.5 Å². The average Bonchev–Trinajstić information content (AvgIpc) is 2.30. The summed E-state index contributed by atoms with van der Waals surface area (Å²) in [6.45, 7) is 3.35. The lowest BCUT2D eigenvalue weighted by Gasteiger charge is -2.15. The number of nitrogens with one attached hydrogen (secondary N) is 1. The second-order valence-corrected chi connectivity index (χ2v) is 7.11. The molecule has 0 aliphatic carbocycles. The largest absolute Gasteiger partial charge is 0.396 e. The van der Waals surface area contributed by atoms with E-state index in [1.807, 2.05) is 6.26 Å². The fourth-order valence-corrected chi connectivity index (χ4v) is 3.77. The van der Waals surface area contributed by atoms with Gasteiger partial charge in [0.2, 0.25) is 10.0 Å². The molecule has 0 amide bonds. The maximum absolute atomic E-state index is 13.2. The standard InChI is InChI=1S/C12H19FN2O2S2/c1-8-6-10(13)11(14)7-12(8)19(16,17)15-9(2)4-5-18-3/h6-7,9,15H,4-5,14H2,1-3H3. The van der Waals surface area contributed by atoms with E-state index in [-0.39, 0.29) is 16.6 Å². The van der Waals surface area contributed by atoms with Crippen LogP contribution in [0.5, 0.6) is 0 Å². The Balaban J connectivity index is 2.98. The summed E-state index contributed by atoms with van der Waals surface area (Å²) in [7, 11) is -3.67. The number of hydrogen-bond acceptors (Lipinski definition) is 4. The molecule has 1 unspecified atom stereocenters. The zero-order chi connectivity index (χ0) is 14.6. The van der Waals surface area contributed by atoms with Crippen LogP contribution >= 0.6 is 11.8 Å². The fraction of sp³-hybridized carbons (Fsp3) is 0.500. The summed E-state index contributed by atoms with van der Waals surface area (Å²) >= 11 is 1.65. The molecule has 0 aliphatic heterocycles. The molecule has 19 heavy (non-hydrogen) atoms. The van der Waals surface area contributed by atoms with E-state index >= 15 is 0 Å². The molecule has 0 heterocycles. The zero-order valence-electron chi connectivity index (χ0n) is 11.2. The third-order valence-corrected chi connectivity index (χ3v) is 5.07. The molecule has 108 valence electrons. The van der Waals surface area contributed by atoms with Gasteiger partial charge in [-0.3, -0.25) is 0 Å². The molecule has 0 fully saturated rings. The number of aryl methyl sites for hydroxylation is 1. The summed E-state index contributed by atoms with van der Waals surface area (Å²) < 4.78 is 40.2. The molecule has 1 aromatic carbocycles. The van der Waals surface area contributed by atoms with Gasteiger partial charge in [0.05, 0.1) is 10.6 Å². The number of rotatable bonds is 6. The van der Waals surface area contributed by atoms with Crippen LogP contribution in [-0.2, 0) is 10.0 Å². The predicted molar refractivity (Wildman–Crippen MR) is 78.3 cm³/mol. The van der Waals surface area contributed by atoms with Crippen LogP contribution in [0.2, 0.25) is 0 Å². The monoisotopic (exact) mass is 306 g/mol. The Labute approximate surface area is 118 Å². The Bertz CT molecular complexity index is 547. The second kappa shape index (κ2) is 6.58. The van der Waals surface area contributed by atoms with Crippen LogP contribution in [0.3, 0.4) is 0 Å². The lowest BCUT2D eigenvalue weighted by atomic mass is 10.2. The maximum Gasteiger partial charge on any atom is 0.241 e. The highest BCUT2D eigenvalue weighted by Gasteiger charge is 2.20. The quantitative estimate of drug-likeness (QED) is 0.790. The van der Waals surface area contributed by atoms with Gasteiger partial charge in [0.15, 0.2) is 0 Å². The highest BCUT2D eigenvalue weighted by atomic mass is 32.2. The number of sulfonamides is 1. The van der Waals surface area contributed by atoms with Crippen molar-refractivity contribution in [3.63, 3.8) is 0 Å². The summed E-state index contributed by atoms with van der Waals surface area (Å²) in [5, 5.41) is 0. The van der Waals surface area contributed by atoms with Crippen molar-refractivity contribution >= 4 is 27.5 Å². The van der Waals surface area contributed by atoms with Gasteiger partial charge in [0.25, 0.3) is 0 Å². The molecule has 0 bridgehead atoms. The normalized spacial score (nSPS) is 13.5. The van der Waals surface area contributed by atoms with Crippen LogP contribution in [0.1, 0.15) is 18.9 Å². The first-order chi connectivity index (χ1) is 8.77. The van der Waals surface area contributed by atoms with Gasteiger partial charge in [0, 0.05) is 6.04 Å². The molecular formula is C12H19FN2O2S2. The summed E-state index contributed by atoms with van der Waals surface area (Å²) in [5.74, 6) is 0.265. The number of thioether (sulfide) groups is 1. The molecule has 3 N–H and O–H groups in total. The molecule has 0 spiro atoms. The van der Waals surface area contributed by atoms with Gasteiger partial charge in [-0.05, 0) is 50.0 Å². The van der Waals surface area contributed by atoms with E-state index in [4.69, 9.17) is 5.73 Å². The van der Waals surface area contributed by atoms with Crippen molar-refractivity contribution in [1.82, 2.24) is 4.72 Å². The van der Waals surface area contributed by atoms with Gasteiger partial charge in [-0.1, -0.05) is 0 Å². The van der Waals surface area contributed by atoms with Gasteiger partial charge < -0.3 is 5.73 Å². The predicted octanol–water partition coefficient (Wildman–Crippen LogP) is 2.14. The Kier molecular flexibility index (Phi) is 5.64. The summed E-state index contributed by atoms with van der Waals surface area (Å²) in [4.78, 5) is 0.0300. The van der Waals surface area contributed by atoms with Crippen LogP contribution in [0.15, 0.2) is 17.0 Å². The fourth-order valence-electron chi connectivity index (χ4n) is 1.64. The number of anilines is 1. The third-order valence-electron chi connectivity index (χ3n) is 2.70. The number of halogens is 1. The third kappa shape index (κ3) is 4.36. The smallest absolute Gasteiger partial charge is 0.241 e. The van der Waals surface area contributed by atoms with E-state index < -0.39 is 15.8 Å². The Hall–Kier alpha value is -0.790. The number of nitrogen functional groups attached to an aromatic ring is 1. The van der Waals surface area contributed by atoms with Crippen molar-refractivity contribution in [3.8, 4) is 0 Å². The number of nitrogens with two attached hydrogens (primary N) is 1. The van der Waals surface area contributed by atoms with Crippen molar-refractivity contribution in [1.29, 1.82) is 0 Å². The minimum absolute atomic E-state index is 0.0300. The summed E-state index contributed by atoms with van der Waals surface area (Å²) in [6, 6.07) is 2.12. The lowest BCUT2D eigenvalue weighted by Crippen LogP contribution is -2.33. The van der Waals surface area contributed by atoms with E-state index in [1.54, 1.807) is 25.6 Å². The first kappa shape index (κ1) is 16.3. The molecular weight excluding hydrogens is 287 g/mol. The Morgan fingerprint density at radius 3 is 2.68 bits per heavy atom. The molecule has 0 radical (unpaired) electrons. The van der Waals surface area contributed by atoms with Gasteiger partial charge >= 0.3 is 0 Å². The molecule has 4 nitrogen and oxygen atoms in total. The lowest BCUT2D eigenvalue weighted by molar-refractivity contribution is 0.556. The van der Waals surface area contributed by atoms with Gasteiger partial charge in [-0.15, -0.1) is 0 Å². The van der Waals surface area contributed by atoms with Gasteiger partial charge in [0.1, 0.15) is 5.82 Å². The van der Waals surface area contributed by atoms with Crippen molar-refractivity contribution in [2.24, 2.45) is 0 Å². The van der Waals surface area contributed by atoms with E-state index in [9.17, 15) is 12.8 Å². The van der Waals surface area contributed by atoms with E-state index in [1.165, 1.54) is 0 Å². The molecule has 1 rings (SSSR count). The molecule has 0 aromatic heterocycles. The second-order valence-electron chi connectivity index (χ2n) is 4.44. The zero-order valence-corrected chi connectivity index (χ0v) is 12.9. The molecule has 7 heteroatoms. The first-order valence-electron chi connectivity index (χ1n) is 5.85. The highest BCUT2D eigenvalue weighted by molar-refractivity contribution is 7.98. The van der Waals surface area contributed by atoms with Crippen LogP contribution in [0.25, 0.3) is 0 Å². The average molecular weight is 306 g/mol. The molecule has 1 atom stereocenters. The van der Waals surface area contributed by atoms with Crippen molar-refractivity contribution < 1.29 is 12.8 Å². The van der Waals surface area contributed by atoms with E-state index in [0.717, 1.165) is 24.3 Å². The molecule has 1 aromatic rings. The van der Waals surface area contributed by atoms with Crippen molar-refractivity contribution in [2.75, 3.05) is 17.7 Å². The molecule has 0 aliphatic rings. The minimum atomic E-state index is -3.67. The topological polar surface area (TPSA) is 72.2 Å². The maximum atomic E-state index is 13.2. The Morgan fingerprint density at radius 1 is 1.47 bits per heavy atom. The van der Waals surface area contributed by atoms with E-state index in [2.05, 4.69) is 4.72 Å². The van der Waals surface area contributed by atoms with E-state index in [0.29, 0.717) is 5.56 Å². The van der Waals surface area contributed by atoms with Crippen molar-refractivity contribution in [2.45, 2.75) is 31.2 Å². The summed E-state index contributed by atoms with van der Waals surface area (Å²) in [6.07, 6.45) is 2.70. The van der Waals surface area contributed by atoms with Crippen LogP contribution < -0.4 is 10.5 Å². The molecule has 0 saturated carbocycles. The highest BCUT2D eigenvalue weighted by Crippen LogP contribution is 2.21. The SMILES string of the molecule is CSCCC(C)NS(=O)(=O)c1cc(N)c(F)cc1C. The van der Waals surface area contributed by atoms with Crippen LogP contribution in [-0.4, -0.2) is 26.5 Å². The van der Waals surface area contributed by atoms with Crippen LogP contribution in [0, 0.1) is 12.7 Å². The summed E-state index contributed by atoms with van der Waals surface area (Å²) in [5.41, 5.74) is 5.61. The minimum Gasteiger partial charge on any atom is -0.396 e. The molecule has 0 saturated heterocycles. The van der Waals surface area contributed by atoms with Crippen molar-refractivity contribution in [3.05, 3.63) is 23.5 Å². The Morgan fingerprint density at radius 2 is 2.11 bits per heavy atom. The first-order valence-corrected chi connectivity index (χ1v) is 8.72.